The number of fused-ring (bicyclic) bond motifs is 5. The van der Waals surface area contributed by atoms with E-state index >= 15 is 0 Å². The molecule has 0 radical (unpaired) electrons. The predicted octanol–water partition coefficient (Wildman–Crippen LogP) is 2.64. The Bertz CT molecular complexity index is 1190. The maximum absolute atomic E-state index is 13.7. The van der Waals surface area contributed by atoms with Gasteiger partial charge in [0, 0.05) is 17.3 Å². The summed E-state index contributed by atoms with van der Waals surface area (Å²) >= 11 is 0. The third kappa shape index (κ3) is 5.18. The van der Waals surface area contributed by atoms with E-state index in [0.717, 1.165) is 18.4 Å². The van der Waals surface area contributed by atoms with Crippen molar-refractivity contribution in [2.45, 2.75) is 70.8 Å². The molecule has 4 aliphatic rings. The molecule has 4 aliphatic carbocycles. The lowest BCUT2D eigenvalue weighted by molar-refractivity contribution is -0.757. The van der Waals surface area contributed by atoms with Crippen molar-refractivity contribution in [2.24, 2.45) is 22.7 Å². The minimum atomic E-state index is -1.70. The van der Waals surface area contributed by atoms with Crippen molar-refractivity contribution >= 4 is 23.5 Å². The van der Waals surface area contributed by atoms with E-state index < -0.39 is 65.2 Å². The first kappa shape index (κ1) is 29.2. The van der Waals surface area contributed by atoms with Gasteiger partial charge in [-0.15, -0.1) is 20.2 Å². The average molecular weight is 565 g/mol. The number of Topliss-reactive ketones (excluding diaryl/α,β-unsaturated/α-hetero) is 1. The summed E-state index contributed by atoms with van der Waals surface area (Å²) in [5.74, 6) is -2.55. The Balaban J connectivity index is 1.62. The molecule has 0 unspecified atom stereocenters. The molecule has 0 aromatic rings. The molecule has 0 spiro atoms. The molecule has 0 saturated heterocycles. The number of hydrogen-bond acceptors (Lipinski definition) is 12. The Kier molecular flexibility index (Phi) is 7.99. The summed E-state index contributed by atoms with van der Waals surface area (Å²) in [6, 6.07) is 0. The highest BCUT2D eigenvalue weighted by molar-refractivity contribution is 5.94. The van der Waals surface area contributed by atoms with Crippen molar-refractivity contribution in [3.63, 3.8) is 0 Å². The fourth-order valence-corrected chi connectivity index (χ4v) is 7.39. The Morgan fingerprint density at radius 3 is 2.42 bits per heavy atom. The molecule has 40 heavy (non-hydrogen) atoms. The van der Waals surface area contributed by atoms with Crippen LogP contribution in [-0.2, 0) is 38.3 Å². The van der Waals surface area contributed by atoms with Gasteiger partial charge in [0.2, 0.25) is 5.78 Å². The molecular formula is C26H32N2O12. The molecule has 14 heteroatoms. The van der Waals surface area contributed by atoms with E-state index in [1.54, 1.807) is 6.08 Å². The maximum atomic E-state index is 13.7. The first-order valence-electron chi connectivity index (χ1n) is 13.2. The number of ether oxygens (including phenoxy) is 2. The molecule has 0 aromatic carbocycles. The minimum Gasteiger partial charge on any atom is -0.456 e. The second-order valence-electron chi connectivity index (χ2n) is 11.2. The van der Waals surface area contributed by atoms with Gasteiger partial charge in [0.1, 0.15) is 6.61 Å². The number of nitrogens with zero attached hydrogens (tertiary/aromatic N) is 2. The van der Waals surface area contributed by atoms with Gasteiger partial charge in [0.05, 0.1) is 6.42 Å². The number of rotatable bonds is 11. The van der Waals surface area contributed by atoms with E-state index in [2.05, 4.69) is 22.7 Å². The van der Waals surface area contributed by atoms with Crippen LogP contribution in [0.4, 0.5) is 0 Å². The Morgan fingerprint density at radius 1 is 1.00 bits per heavy atom. The summed E-state index contributed by atoms with van der Waals surface area (Å²) in [4.78, 5) is 79.7. The van der Waals surface area contributed by atoms with E-state index in [-0.39, 0.29) is 29.5 Å². The molecule has 14 nitrogen and oxygen atoms in total. The van der Waals surface area contributed by atoms with E-state index in [4.69, 9.17) is 9.47 Å². The molecule has 5 atom stereocenters. The number of hydrogen-bond donors (Lipinski definition) is 0. The summed E-state index contributed by atoms with van der Waals surface area (Å²) in [5, 5.41) is 18.7. The minimum absolute atomic E-state index is 0.0659. The molecule has 0 heterocycles. The van der Waals surface area contributed by atoms with Crippen LogP contribution in [-0.4, -0.2) is 59.1 Å². The van der Waals surface area contributed by atoms with E-state index in [1.807, 2.05) is 6.92 Å². The predicted molar refractivity (Wildman–Crippen MR) is 132 cm³/mol. The van der Waals surface area contributed by atoms with Crippen molar-refractivity contribution in [2.75, 3.05) is 19.8 Å². The lowest BCUT2D eigenvalue weighted by Gasteiger charge is -2.55. The Labute approximate surface area is 229 Å². The molecule has 4 rings (SSSR count). The largest absolute Gasteiger partial charge is 0.456 e. The number of carbonyl (C=O) groups excluding carboxylic acids is 4. The normalized spacial score (nSPS) is 32.3. The van der Waals surface area contributed by atoms with Crippen LogP contribution >= 0.6 is 0 Å². The summed E-state index contributed by atoms with van der Waals surface area (Å²) in [5.41, 5.74) is -0.483. The molecular weight excluding hydrogens is 532 g/mol. The summed E-state index contributed by atoms with van der Waals surface area (Å²) in [6.07, 6.45) is 7.13. The van der Waals surface area contributed by atoms with Crippen LogP contribution in [0.5, 0.6) is 0 Å². The first-order valence-corrected chi connectivity index (χ1v) is 13.2. The first-order chi connectivity index (χ1) is 18.8. The third-order valence-electron chi connectivity index (χ3n) is 9.35. The molecule has 0 N–H and O–H groups in total. The Morgan fingerprint density at radius 2 is 1.73 bits per heavy atom. The maximum Gasteiger partial charge on any atom is 0.332 e. The Hall–Kier alpha value is -3.84. The van der Waals surface area contributed by atoms with Crippen molar-refractivity contribution in [3.8, 4) is 0 Å². The van der Waals surface area contributed by atoms with Crippen LogP contribution in [0.1, 0.15) is 65.2 Å². The molecule has 0 aromatic heterocycles. The molecule has 0 aliphatic heterocycles. The van der Waals surface area contributed by atoms with Gasteiger partial charge >= 0.3 is 11.9 Å². The highest BCUT2D eigenvalue weighted by Crippen LogP contribution is 2.66. The van der Waals surface area contributed by atoms with Crippen LogP contribution in [0.2, 0.25) is 0 Å². The number of allylic oxidation sites excluding steroid dienone is 4. The summed E-state index contributed by atoms with van der Waals surface area (Å²) in [7, 11) is 0. The van der Waals surface area contributed by atoms with E-state index in [9.17, 15) is 39.4 Å². The number of ketones is 2. The van der Waals surface area contributed by atoms with E-state index in [1.165, 1.54) is 5.57 Å². The summed E-state index contributed by atoms with van der Waals surface area (Å²) in [6.45, 7) is 1.67. The lowest BCUT2D eigenvalue weighted by atomic mass is 9.50. The number of esters is 2. The van der Waals surface area contributed by atoms with Gasteiger partial charge in [-0.1, -0.05) is 31.1 Å². The second-order valence-corrected chi connectivity index (χ2v) is 11.2. The quantitative estimate of drug-likeness (QED) is 0.154. The standard InChI is InChI=1S/C26H32N2O12/c1-24-9-5-17(29)13-16(24)3-4-18-19(24)6-10-25(2)20(18)7-11-26(25,40-22(31)8-12-38-27(33)34)21(30)14-37-23(32)15-39-28(35)36/h6,13,18,20H,3-5,7-12,14-15H2,1-2H3/t18-,20+,24+,25+,26+/m1/s1. The smallest absolute Gasteiger partial charge is 0.332 e. The van der Waals surface area contributed by atoms with Crippen LogP contribution in [0.15, 0.2) is 23.3 Å². The SMILES string of the molecule is C[C@]12CCC(=O)C=C1CC[C@@H]1C2=CC[C@@]2(C)[C@H]1CC[C@]2(OC(=O)CCO[N+](=O)[O-])C(=O)COC(=O)CO[N+](=O)[O-]. The molecule has 0 amide bonds. The van der Waals surface area contributed by atoms with Gasteiger partial charge in [-0.2, -0.15) is 0 Å². The van der Waals surface area contributed by atoms with Crippen LogP contribution in [0, 0.1) is 42.9 Å². The van der Waals surface area contributed by atoms with Gasteiger partial charge in [-0.25, -0.2) is 4.79 Å². The summed E-state index contributed by atoms with van der Waals surface area (Å²) < 4.78 is 10.8. The zero-order valence-corrected chi connectivity index (χ0v) is 22.4. The van der Waals surface area contributed by atoms with Gasteiger partial charge < -0.3 is 19.1 Å². The van der Waals surface area contributed by atoms with Crippen molar-refractivity contribution in [1.29, 1.82) is 0 Å². The van der Waals surface area contributed by atoms with Crippen molar-refractivity contribution < 1.29 is 48.5 Å². The molecule has 2 saturated carbocycles. The molecule has 0 bridgehead atoms. The molecule has 218 valence electrons. The van der Waals surface area contributed by atoms with Gasteiger partial charge in [-0.3, -0.25) is 14.4 Å². The highest BCUT2D eigenvalue weighted by atomic mass is 17.0. The second kappa shape index (κ2) is 11.0. The average Bonchev–Trinajstić information content (AvgIpc) is 3.19. The lowest BCUT2D eigenvalue weighted by Crippen LogP contribution is -2.58. The van der Waals surface area contributed by atoms with Gasteiger partial charge in [0.25, 0.3) is 10.2 Å². The van der Waals surface area contributed by atoms with Crippen LogP contribution in [0.25, 0.3) is 0 Å². The molecule has 2 fully saturated rings. The third-order valence-corrected chi connectivity index (χ3v) is 9.35. The fraction of sp³-hybridized carbons (Fsp3) is 0.692. The zero-order valence-electron chi connectivity index (χ0n) is 22.4. The highest BCUT2D eigenvalue weighted by Gasteiger charge is 2.67. The monoisotopic (exact) mass is 564 g/mol. The topological polar surface area (TPSA) is 191 Å². The van der Waals surface area contributed by atoms with Gasteiger partial charge in [-0.05, 0) is 56.4 Å². The zero-order chi connectivity index (χ0) is 29.3. The van der Waals surface area contributed by atoms with E-state index in [0.29, 0.717) is 25.7 Å². The fourth-order valence-electron chi connectivity index (χ4n) is 7.39. The van der Waals surface area contributed by atoms with Gasteiger partial charge in [0.15, 0.2) is 24.6 Å². The van der Waals surface area contributed by atoms with Crippen LogP contribution < -0.4 is 0 Å². The van der Waals surface area contributed by atoms with Crippen molar-refractivity contribution in [3.05, 3.63) is 43.5 Å². The number of carbonyl (C=O) groups is 4. The van der Waals surface area contributed by atoms with Crippen molar-refractivity contribution in [1.82, 2.24) is 0 Å². The van der Waals surface area contributed by atoms with Crippen LogP contribution in [0.3, 0.4) is 0 Å².